The lowest BCUT2D eigenvalue weighted by Crippen LogP contribution is -2.49. The minimum atomic E-state index is -4.43. The molecule has 6 rings (SSSR count). The van der Waals surface area contributed by atoms with E-state index in [4.69, 9.17) is 27.6 Å². The van der Waals surface area contributed by atoms with Gasteiger partial charge < -0.3 is 4.42 Å². The van der Waals surface area contributed by atoms with Crippen LogP contribution in [0, 0.1) is 17.0 Å². The summed E-state index contributed by atoms with van der Waals surface area (Å²) in [5, 5.41) is 11.4. The van der Waals surface area contributed by atoms with Gasteiger partial charge in [-0.2, -0.15) is 9.69 Å². The van der Waals surface area contributed by atoms with Gasteiger partial charge in [0.05, 0.1) is 42.7 Å². The maximum Gasteiger partial charge on any atom is 0.297 e. The van der Waals surface area contributed by atoms with Crippen molar-refractivity contribution < 1.29 is 22.6 Å². The number of rotatable bonds is 7. The van der Waals surface area contributed by atoms with Gasteiger partial charge in [-0.05, 0) is 37.3 Å². The lowest BCUT2D eigenvalue weighted by molar-refractivity contribution is -0.384. The number of hydrogen-bond acceptors (Lipinski definition) is 9. The van der Waals surface area contributed by atoms with Crippen molar-refractivity contribution in [2.75, 3.05) is 9.73 Å². The van der Waals surface area contributed by atoms with Gasteiger partial charge in [0, 0.05) is 23.8 Å². The highest BCUT2D eigenvalue weighted by atomic mass is 35.5. The smallest absolute Gasteiger partial charge is 0.297 e. The van der Waals surface area contributed by atoms with Crippen LogP contribution in [0.5, 0.6) is 0 Å². The van der Waals surface area contributed by atoms with E-state index in [0.717, 1.165) is 27.9 Å². The Morgan fingerprint density at radius 2 is 1.71 bits per heavy atom. The largest absolute Gasteiger partial charge is 0.465 e. The molecule has 13 nitrogen and oxygen atoms in total. The SMILES string of the molecule is Cc1nc2ccc(S(=O)(=O)Nc3c(Cl)cc([N+](=O)[O-])cc3Cl)cc2c(=O)n1N1C(=O)/C(=C/c2ccco2)N=C1c1ccccc1. The molecule has 0 spiro atoms. The number of aromatic nitrogens is 2. The molecule has 1 aliphatic heterocycles. The van der Waals surface area contributed by atoms with Crippen LogP contribution in [0.15, 0.2) is 104 Å². The first kappa shape index (κ1) is 29.7. The van der Waals surface area contributed by atoms with Crippen LogP contribution in [0.4, 0.5) is 11.4 Å². The van der Waals surface area contributed by atoms with Crippen molar-refractivity contribution >= 4 is 73.3 Å². The molecule has 3 aromatic carbocycles. The Balaban J connectivity index is 1.46. The molecule has 0 unspecified atom stereocenters. The summed E-state index contributed by atoms with van der Waals surface area (Å²) in [6.07, 6.45) is 2.88. The van der Waals surface area contributed by atoms with Crippen LogP contribution >= 0.6 is 23.2 Å². The van der Waals surface area contributed by atoms with Crippen LogP contribution in [0.1, 0.15) is 17.1 Å². The van der Waals surface area contributed by atoms with Crippen molar-refractivity contribution in [1.29, 1.82) is 0 Å². The molecule has 0 radical (unpaired) electrons. The Morgan fingerprint density at radius 1 is 1.00 bits per heavy atom. The molecular weight excluding hydrogens is 647 g/mol. The number of halogens is 2. The Labute approximate surface area is 263 Å². The summed E-state index contributed by atoms with van der Waals surface area (Å²) in [5.74, 6) is -0.0169. The third-order valence-corrected chi connectivity index (χ3v) is 8.60. The molecule has 1 amide bonds. The maximum absolute atomic E-state index is 14.0. The Hall–Kier alpha value is -5.31. The summed E-state index contributed by atoms with van der Waals surface area (Å²) in [5.41, 5.74) is -0.791. The van der Waals surface area contributed by atoms with Crippen molar-refractivity contribution in [1.82, 2.24) is 9.66 Å². The number of amides is 1. The maximum atomic E-state index is 14.0. The lowest BCUT2D eigenvalue weighted by Gasteiger charge is -2.22. The van der Waals surface area contributed by atoms with E-state index in [2.05, 4.69) is 14.7 Å². The van der Waals surface area contributed by atoms with Crippen LogP contribution in [-0.2, 0) is 14.8 Å². The van der Waals surface area contributed by atoms with Crippen LogP contribution in [0.3, 0.4) is 0 Å². The zero-order chi connectivity index (χ0) is 32.0. The number of aliphatic imine (C=N–C) groups is 1. The van der Waals surface area contributed by atoms with Gasteiger partial charge in [-0.1, -0.05) is 53.5 Å². The lowest BCUT2D eigenvalue weighted by atomic mass is 10.2. The van der Waals surface area contributed by atoms with Gasteiger partial charge >= 0.3 is 0 Å². The van der Waals surface area contributed by atoms with E-state index in [1.165, 1.54) is 31.4 Å². The molecule has 0 bridgehead atoms. The number of nitrogens with one attached hydrogen (secondary N) is 1. The Morgan fingerprint density at radius 3 is 2.36 bits per heavy atom. The Kier molecular flexibility index (Phi) is 7.48. The summed E-state index contributed by atoms with van der Waals surface area (Å²) >= 11 is 12.2. The summed E-state index contributed by atoms with van der Waals surface area (Å²) < 4.78 is 35.3. The van der Waals surface area contributed by atoms with Crippen LogP contribution in [0.25, 0.3) is 17.0 Å². The fourth-order valence-corrected chi connectivity index (χ4v) is 6.41. The van der Waals surface area contributed by atoms with Crippen LogP contribution in [-0.4, -0.2) is 34.7 Å². The standard InChI is InChI=1S/C29H18Cl2N6O7S/c1-16-32-24-10-9-20(45(42,43)34-26-22(30)12-18(37(40)41)13-23(26)31)15-21(24)28(38)35(16)36-27(17-6-3-2-4-7-17)33-25(29(36)39)14-19-8-5-11-44-19/h2-15,34H,1H3/b25-14-. The molecule has 5 aromatic rings. The zero-order valence-corrected chi connectivity index (χ0v) is 25.2. The number of nitro benzene ring substituents is 1. The van der Waals surface area contributed by atoms with Gasteiger partial charge in [0.15, 0.2) is 5.84 Å². The first-order valence-corrected chi connectivity index (χ1v) is 15.1. The predicted molar refractivity (Wildman–Crippen MR) is 168 cm³/mol. The summed E-state index contributed by atoms with van der Waals surface area (Å²) in [6.45, 7) is 1.52. The Bertz CT molecular complexity index is 2240. The normalized spacial score (nSPS) is 14.3. The number of furan rings is 1. The highest BCUT2D eigenvalue weighted by Crippen LogP contribution is 2.36. The topological polar surface area (TPSA) is 170 Å². The molecule has 1 N–H and O–H groups in total. The number of aryl methyl sites for hydroxylation is 1. The van der Waals surface area contributed by atoms with Crippen molar-refractivity contribution in [2.24, 2.45) is 4.99 Å². The highest BCUT2D eigenvalue weighted by Gasteiger charge is 2.35. The summed E-state index contributed by atoms with van der Waals surface area (Å²) in [7, 11) is -4.43. The van der Waals surface area contributed by atoms with Crippen molar-refractivity contribution in [2.45, 2.75) is 11.8 Å². The van der Waals surface area contributed by atoms with E-state index in [1.54, 1.807) is 42.5 Å². The van der Waals surface area contributed by atoms with E-state index >= 15 is 0 Å². The molecular formula is C29H18Cl2N6O7S. The van der Waals surface area contributed by atoms with Crippen LogP contribution < -0.4 is 15.3 Å². The first-order valence-electron chi connectivity index (χ1n) is 12.9. The molecule has 2 aromatic heterocycles. The van der Waals surface area contributed by atoms with E-state index in [0.29, 0.717) is 11.3 Å². The molecule has 0 saturated heterocycles. The number of sulfonamides is 1. The number of non-ortho nitro benzene ring substituents is 1. The van der Waals surface area contributed by atoms with Gasteiger partial charge in [0.25, 0.3) is 27.2 Å². The third kappa shape index (κ3) is 5.46. The van der Waals surface area contributed by atoms with Crippen molar-refractivity contribution in [3.8, 4) is 0 Å². The predicted octanol–water partition coefficient (Wildman–Crippen LogP) is 5.28. The molecule has 0 saturated carbocycles. The molecule has 0 fully saturated rings. The molecule has 3 heterocycles. The molecule has 1 aliphatic rings. The highest BCUT2D eigenvalue weighted by molar-refractivity contribution is 7.92. The van der Waals surface area contributed by atoms with Gasteiger partial charge in [0.2, 0.25) is 0 Å². The van der Waals surface area contributed by atoms with Crippen molar-refractivity contribution in [3.05, 3.63) is 132 Å². The van der Waals surface area contributed by atoms with Gasteiger partial charge in [-0.25, -0.2) is 18.4 Å². The van der Waals surface area contributed by atoms with E-state index in [1.807, 2.05) is 0 Å². The first-order chi connectivity index (χ1) is 21.4. The van der Waals surface area contributed by atoms with Crippen LogP contribution in [0.2, 0.25) is 10.0 Å². The minimum absolute atomic E-state index is 0.00687. The molecule has 0 atom stereocenters. The van der Waals surface area contributed by atoms with E-state index in [-0.39, 0.29) is 48.9 Å². The zero-order valence-electron chi connectivity index (χ0n) is 22.8. The summed E-state index contributed by atoms with van der Waals surface area (Å²) in [6, 6.07) is 17.5. The number of anilines is 1. The quantitative estimate of drug-likeness (QED) is 0.139. The average molecular weight is 665 g/mol. The number of fused-ring (bicyclic) bond motifs is 1. The molecule has 16 heteroatoms. The number of amidine groups is 1. The number of carbonyl (C=O) groups is 1. The second-order valence-corrected chi connectivity index (χ2v) is 12.1. The second-order valence-electron chi connectivity index (χ2n) is 9.57. The van der Waals surface area contributed by atoms with Gasteiger partial charge in [-0.15, -0.1) is 0 Å². The second kappa shape index (κ2) is 11.3. The van der Waals surface area contributed by atoms with Crippen molar-refractivity contribution in [3.63, 3.8) is 0 Å². The fourth-order valence-electron chi connectivity index (χ4n) is 4.60. The molecule has 226 valence electrons. The van der Waals surface area contributed by atoms with Gasteiger partial charge in [0.1, 0.15) is 17.3 Å². The third-order valence-electron chi connectivity index (χ3n) is 6.66. The number of nitrogens with zero attached hydrogens (tertiary/aromatic N) is 5. The number of benzene rings is 3. The van der Waals surface area contributed by atoms with E-state index < -0.39 is 32.1 Å². The number of hydrogen-bond donors (Lipinski definition) is 1. The van der Waals surface area contributed by atoms with E-state index in [9.17, 15) is 28.1 Å². The average Bonchev–Trinajstić information content (AvgIpc) is 3.63. The number of nitro groups is 1. The number of carbonyl (C=O) groups excluding carboxylic acids is 1. The monoisotopic (exact) mass is 664 g/mol. The minimum Gasteiger partial charge on any atom is -0.465 e. The summed E-state index contributed by atoms with van der Waals surface area (Å²) in [4.78, 5) is 46.8. The molecule has 0 aliphatic carbocycles. The fraction of sp³-hybridized carbons (Fsp3) is 0.0345. The van der Waals surface area contributed by atoms with Gasteiger partial charge in [-0.3, -0.25) is 24.4 Å². The molecule has 45 heavy (non-hydrogen) atoms.